The molecule has 1 aromatic carbocycles. The van der Waals surface area contributed by atoms with Crippen molar-refractivity contribution in [3.05, 3.63) is 51.5 Å². The predicted molar refractivity (Wildman–Crippen MR) is 118 cm³/mol. The quantitative estimate of drug-likeness (QED) is 0.269. The maximum Gasteiger partial charge on any atom is 0.255 e. The van der Waals surface area contributed by atoms with Gasteiger partial charge in [-0.3, -0.25) is 19.3 Å². The van der Waals surface area contributed by atoms with Crippen LogP contribution in [0.1, 0.15) is 34.3 Å². The number of aromatic hydroxyl groups is 1. The topological polar surface area (TPSA) is 208 Å². The van der Waals surface area contributed by atoms with Crippen molar-refractivity contribution in [3.8, 4) is 5.75 Å². The third-order valence-corrected chi connectivity index (χ3v) is 7.43. The number of aliphatic hydroxyl groups is 4. The van der Waals surface area contributed by atoms with Crippen LogP contribution in [0.3, 0.4) is 0 Å². The highest BCUT2D eigenvalue weighted by Crippen LogP contribution is 2.55. The van der Waals surface area contributed by atoms with Gasteiger partial charge in [0, 0.05) is 23.6 Å². The lowest BCUT2D eigenvalue weighted by atomic mass is 9.55. The molecule has 3 aliphatic rings. The smallest absolute Gasteiger partial charge is 0.255 e. The molecule has 9 N–H and O–H groups in total. The number of amides is 1. The molecular weight excluding hydrogens is 446 g/mol. The Morgan fingerprint density at radius 3 is 2.32 bits per heavy atom. The van der Waals surface area contributed by atoms with Crippen molar-refractivity contribution in [2.45, 2.75) is 37.1 Å². The van der Waals surface area contributed by atoms with E-state index in [1.165, 1.54) is 19.0 Å². The van der Waals surface area contributed by atoms with Gasteiger partial charge in [0.25, 0.3) is 5.91 Å². The van der Waals surface area contributed by atoms with E-state index in [-0.39, 0.29) is 17.7 Å². The third-order valence-electron chi connectivity index (χ3n) is 7.43. The molecule has 11 nitrogen and oxygen atoms in total. The minimum Gasteiger partial charge on any atom is -0.510 e. The molecule has 3 aliphatic carbocycles. The monoisotopic (exact) mass is 473 g/mol. The Kier molecular flexibility index (Phi) is 5.37. The van der Waals surface area contributed by atoms with Crippen LogP contribution in [0.2, 0.25) is 0 Å². The molecule has 4 rings (SSSR count). The van der Waals surface area contributed by atoms with Crippen LogP contribution in [0.25, 0.3) is 0 Å². The molecule has 0 aliphatic heterocycles. The molecule has 6 atom stereocenters. The number of rotatable bonds is 3. The number of likely N-dealkylation sites (N-methyl/N-ethyl adjacent to an activating group) is 1. The molecule has 0 fully saturated rings. The van der Waals surface area contributed by atoms with E-state index < -0.39 is 81.4 Å². The van der Waals surface area contributed by atoms with Crippen LogP contribution >= 0.6 is 0 Å². The summed E-state index contributed by atoms with van der Waals surface area (Å²) in [5.74, 6) is -9.11. The Bertz CT molecular complexity index is 1200. The maximum absolute atomic E-state index is 13.5. The number of carbonyl (C=O) groups excluding carboxylic acids is 3. The van der Waals surface area contributed by atoms with Crippen molar-refractivity contribution >= 4 is 17.5 Å². The van der Waals surface area contributed by atoms with Crippen LogP contribution in [-0.2, 0) is 16.1 Å². The zero-order valence-electron chi connectivity index (χ0n) is 18.8. The second-order valence-corrected chi connectivity index (χ2v) is 9.29. The summed E-state index contributed by atoms with van der Waals surface area (Å²) in [7, 11) is 2.96. The van der Waals surface area contributed by atoms with E-state index in [9.17, 15) is 39.9 Å². The van der Waals surface area contributed by atoms with Gasteiger partial charge in [-0.15, -0.1) is 0 Å². The number of phenolic OH excluding ortho intramolecular Hbond substituents is 1. The Balaban J connectivity index is 2.05. The molecule has 0 spiro atoms. The highest BCUT2D eigenvalue weighted by molar-refractivity contribution is 6.25. The Hall–Kier alpha value is -3.25. The molecule has 11 heteroatoms. The first-order valence-electron chi connectivity index (χ1n) is 10.7. The number of phenols is 1. The number of fused-ring (bicyclic) bond motifs is 3. The van der Waals surface area contributed by atoms with Crippen molar-refractivity contribution < 1.29 is 39.9 Å². The summed E-state index contributed by atoms with van der Waals surface area (Å²) in [6, 6.07) is 1.86. The molecule has 0 saturated heterocycles. The lowest BCUT2D eigenvalue weighted by Gasteiger charge is -2.53. The van der Waals surface area contributed by atoms with Gasteiger partial charge < -0.3 is 37.0 Å². The number of carbonyl (C=O) groups is 3. The van der Waals surface area contributed by atoms with Gasteiger partial charge in [0.2, 0.25) is 5.78 Å². The largest absolute Gasteiger partial charge is 0.510 e. The Labute approximate surface area is 194 Å². The van der Waals surface area contributed by atoms with Gasteiger partial charge in [-0.2, -0.15) is 0 Å². The van der Waals surface area contributed by atoms with E-state index in [4.69, 9.17) is 11.5 Å². The fourth-order valence-corrected chi connectivity index (χ4v) is 5.83. The summed E-state index contributed by atoms with van der Waals surface area (Å²) in [6.45, 7) is 1.59. The number of ketones is 2. The minimum atomic E-state index is -2.93. The third kappa shape index (κ3) is 2.75. The molecule has 0 heterocycles. The normalized spacial score (nSPS) is 33.1. The fraction of sp³-hybridized carbons (Fsp3) is 0.435. The highest BCUT2D eigenvalue weighted by Gasteiger charge is 2.67. The van der Waals surface area contributed by atoms with Gasteiger partial charge in [0.1, 0.15) is 22.8 Å². The lowest BCUT2D eigenvalue weighted by molar-refractivity contribution is -0.162. The van der Waals surface area contributed by atoms with Crippen molar-refractivity contribution in [1.82, 2.24) is 4.90 Å². The molecule has 0 bridgehead atoms. The average Bonchev–Trinajstić information content (AvgIpc) is 2.75. The van der Waals surface area contributed by atoms with Crippen molar-refractivity contribution in [1.29, 1.82) is 0 Å². The number of primary amides is 1. The minimum absolute atomic E-state index is 0.0705. The van der Waals surface area contributed by atoms with Crippen LogP contribution in [0.4, 0.5) is 0 Å². The van der Waals surface area contributed by atoms with E-state index in [0.717, 1.165) is 0 Å². The number of benzene rings is 1. The van der Waals surface area contributed by atoms with Crippen LogP contribution in [0.15, 0.2) is 34.8 Å². The van der Waals surface area contributed by atoms with Crippen LogP contribution in [0, 0.1) is 11.8 Å². The van der Waals surface area contributed by atoms with E-state index >= 15 is 0 Å². The van der Waals surface area contributed by atoms with Crippen LogP contribution in [0.5, 0.6) is 5.75 Å². The first-order valence-corrected chi connectivity index (χ1v) is 10.7. The second-order valence-electron chi connectivity index (χ2n) is 9.29. The van der Waals surface area contributed by atoms with Gasteiger partial charge >= 0.3 is 0 Å². The number of aliphatic hydroxyl groups excluding tert-OH is 3. The number of nitrogens with zero attached hydrogens (tertiary/aromatic N) is 1. The maximum atomic E-state index is 13.5. The molecule has 1 amide bonds. The molecule has 0 aromatic heterocycles. The Morgan fingerprint density at radius 1 is 1.18 bits per heavy atom. The fourth-order valence-electron chi connectivity index (χ4n) is 5.83. The molecule has 0 radical (unpaired) electrons. The first kappa shape index (κ1) is 23.9. The molecule has 0 saturated carbocycles. The van der Waals surface area contributed by atoms with Gasteiger partial charge in [-0.05, 0) is 25.6 Å². The summed E-state index contributed by atoms with van der Waals surface area (Å²) in [5.41, 5.74) is 7.14. The highest BCUT2D eigenvalue weighted by atomic mass is 16.4. The molecule has 0 unspecified atom stereocenters. The van der Waals surface area contributed by atoms with Crippen molar-refractivity contribution in [2.24, 2.45) is 23.3 Å². The summed E-state index contributed by atoms with van der Waals surface area (Å²) in [4.78, 5) is 40.2. The van der Waals surface area contributed by atoms with Crippen molar-refractivity contribution in [2.75, 3.05) is 14.1 Å². The van der Waals surface area contributed by atoms with Crippen molar-refractivity contribution in [3.63, 3.8) is 0 Å². The van der Waals surface area contributed by atoms with E-state index in [1.807, 2.05) is 0 Å². The molecule has 182 valence electrons. The van der Waals surface area contributed by atoms with Gasteiger partial charge in [0.15, 0.2) is 11.4 Å². The molecular formula is C23H27N3O8. The number of hydrogen-bond acceptors (Lipinski definition) is 10. The Morgan fingerprint density at radius 2 is 1.79 bits per heavy atom. The second kappa shape index (κ2) is 7.64. The first-order chi connectivity index (χ1) is 15.8. The summed E-state index contributed by atoms with van der Waals surface area (Å²) in [6.07, 6.45) is -1.62. The average molecular weight is 473 g/mol. The zero-order chi connectivity index (χ0) is 25.4. The predicted octanol–water partition coefficient (Wildman–Crippen LogP) is -0.889. The van der Waals surface area contributed by atoms with E-state index in [0.29, 0.717) is 5.56 Å². The van der Waals surface area contributed by atoms with E-state index in [2.05, 4.69) is 0 Å². The molecule has 34 heavy (non-hydrogen) atoms. The van der Waals surface area contributed by atoms with Crippen LogP contribution in [-0.4, -0.2) is 79.7 Å². The number of hydrogen-bond donors (Lipinski definition) is 7. The van der Waals surface area contributed by atoms with Gasteiger partial charge in [-0.1, -0.05) is 19.1 Å². The summed E-state index contributed by atoms with van der Waals surface area (Å²) < 4.78 is 0. The zero-order valence-corrected chi connectivity index (χ0v) is 18.8. The van der Waals surface area contributed by atoms with Gasteiger partial charge in [0.05, 0.1) is 23.6 Å². The SMILES string of the molecule is C[C@H]1c2ccc(CN)c(O)c2C(=O)C2=C(O)[C@]3(O)C(=O)C(C(N)=O)=C(O)[C@@H](N(C)C)[C@@H]3[C@@H](O)[C@@H]21. The van der Waals surface area contributed by atoms with Crippen LogP contribution < -0.4 is 11.5 Å². The standard InChI is InChI=1S/C23H27N3O8/c1-7-9-5-4-8(6-24)16(27)11(9)17(28)12-10(7)18(29)14-15(26(2)3)19(30)13(22(25)33)21(32)23(14,34)20(12)31/h4-5,7,10,14-15,18,27,29-31,34H,6,24H2,1-3H3,(H2,25,33)/t7-,10+,14+,15-,18-,23-/m0/s1. The summed E-state index contributed by atoms with van der Waals surface area (Å²) >= 11 is 0. The van der Waals surface area contributed by atoms with Gasteiger partial charge in [-0.25, -0.2) is 0 Å². The van der Waals surface area contributed by atoms with E-state index in [1.54, 1.807) is 19.1 Å². The molecule has 1 aromatic rings. The lowest BCUT2D eigenvalue weighted by Crippen LogP contribution is -2.68. The number of Topliss-reactive ketones (excluding diaryl/α,β-unsaturated/α-hetero) is 2. The summed E-state index contributed by atoms with van der Waals surface area (Å²) in [5, 5.41) is 55.7. The number of nitrogens with two attached hydrogens (primary N) is 2.